The average molecular weight is 479 g/mol. The minimum atomic E-state index is -5.62. The van der Waals surface area contributed by atoms with E-state index in [1.54, 1.807) is 6.92 Å². The molecule has 1 saturated heterocycles. The van der Waals surface area contributed by atoms with Crippen LogP contribution in [-0.2, 0) is 31.6 Å². The summed E-state index contributed by atoms with van der Waals surface area (Å²) in [4.78, 5) is 40.9. The highest BCUT2D eigenvalue weighted by Gasteiger charge is 2.46. The summed E-state index contributed by atoms with van der Waals surface area (Å²) in [6.07, 6.45) is -0.171. The molecule has 0 spiro atoms. The van der Waals surface area contributed by atoms with E-state index in [2.05, 4.69) is 24.7 Å². The number of hydrogen-bond acceptors (Lipinski definition) is 11. The molecule has 166 valence electrons. The van der Waals surface area contributed by atoms with Crippen LogP contribution in [0.3, 0.4) is 0 Å². The second kappa shape index (κ2) is 8.67. The Bertz CT molecular complexity index is 855. The van der Waals surface area contributed by atoms with Crippen LogP contribution in [0, 0.1) is 5.92 Å². The van der Waals surface area contributed by atoms with Crippen molar-refractivity contribution < 1.29 is 56.3 Å². The molecule has 2 aliphatic heterocycles. The molecule has 6 atom stereocenters. The predicted octanol–water partition coefficient (Wildman–Crippen LogP) is -0.291. The van der Waals surface area contributed by atoms with Gasteiger partial charge in [0.1, 0.15) is 17.8 Å². The number of aliphatic imine (C=N–C) groups is 1. The molecule has 0 bridgehead atoms. The van der Waals surface area contributed by atoms with Crippen molar-refractivity contribution in [1.82, 2.24) is 4.90 Å². The number of phosphoric ester groups is 1. The van der Waals surface area contributed by atoms with Gasteiger partial charge in [-0.2, -0.15) is 8.62 Å². The van der Waals surface area contributed by atoms with Gasteiger partial charge in [0.05, 0.1) is 12.7 Å². The molecule has 2 rings (SSSR count). The first kappa shape index (κ1) is 24.4. The summed E-state index contributed by atoms with van der Waals surface area (Å²) in [5.74, 6) is -0.275. The van der Waals surface area contributed by atoms with Gasteiger partial charge < -0.3 is 40.1 Å². The van der Waals surface area contributed by atoms with Gasteiger partial charge in [0.15, 0.2) is 6.23 Å². The number of nitrogens with zero attached hydrogens (tertiary/aromatic N) is 2. The summed E-state index contributed by atoms with van der Waals surface area (Å²) < 4.78 is 51.1. The number of ether oxygens (including phenoxy) is 1. The largest absolute Gasteiger partial charge is 0.490 e. The second-order valence-electron chi connectivity index (χ2n) is 5.98. The minimum Gasteiger partial charge on any atom is -0.388 e. The molecule has 0 aromatic carbocycles. The molecule has 7 N–H and O–H groups in total. The van der Waals surface area contributed by atoms with Crippen molar-refractivity contribution in [2.45, 2.75) is 25.4 Å². The van der Waals surface area contributed by atoms with Crippen LogP contribution < -0.4 is 5.73 Å². The average Bonchev–Trinajstić information content (AvgIpc) is 2.78. The molecule has 3 unspecified atom stereocenters. The maximum atomic E-state index is 11.8. The molecule has 0 aliphatic carbocycles. The quantitative estimate of drug-likeness (QED) is 0.246. The van der Waals surface area contributed by atoms with Gasteiger partial charge in [-0.05, 0) is 6.08 Å². The normalized spacial score (nSPS) is 32.0. The monoisotopic (exact) mass is 479 g/mol. The number of rotatable bonds is 8. The van der Waals surface area contributed by atoms with Crippen LogP contribution in [0.2, 0.25) is 0 Å². The fourth-order valence-corrected chi connectivity index (χ4v) is 5.50. The van der Waals surface area contributed by atoms with Crippen LogP contribution in [0.5, 0.6) is 0 Å². The molecule has 2 heterocycles. The maximum Gasteiger partial charge on any atom is 0.490 e. The summed E-state index contributed by atoms with van der Waals surface area (Å²) in [6, 6.07) is 0. The standard InChI is InChI=1S/C11H20N3O12P3/c1-6-8(5-23-28(19,20)26-29(21,22)25-27(16,17)18)24-11(10(6)15)14-4-3-9(12)13-7(14)2/h3-4,6,8,10-11,15H,2,5H2,1H3,(H2,12,13)(H,19,20)(H,21,22)(H2,16,17,18)/t6-,8+,10?,11+/m0/s1. The highest BCUT2D eigenvalue weighted by molar-refractivity contribution is 7.66. The molecule has 29 heavy (non-hydrogen) atoms. The molecule has 2 aliphatic rings. The third-order valence-corrected chi connectivity index (χ3v) is 7.59. The summed E-state index contributed by atoms with van der Waals surface area (Å²) in [7, 11) is -16.4. The highest BCUT2D eigenvalue weighted by Crippen LogP contribution is 2.66. The molecule has 0 aromatic heterocycles. The van der Waals surface area contributed by atoms with Crippen LogP contribution in [0.25, 0.3) is 0 Å². The smallest absolute Gasteiger partial charge is 0.388 e. The van der Waals surface area contributed by atoms with Gasteiger partial charge in [-0.25, -0.2) is 18.7 Å². The maximum absolute atomic E-state index is 11.8. The fraction of sp³-hybridized carbons (Fsp3) is 0.545. The Morgan fingerprint density at radius 3 is 2.41 bits per heavy atom. The van der Waals surface area contributed by atoms with E-state index in [1.165, 1.54) is 17.2 Å². The lowest BCUT2D eigenvalue weighted by molar-refractivity contribution is -0.0678. The fourth-order valence-electron chi connectivity index (χ4n) is 2.47. The van der Waals surface area contributed by atoms with E-state index in [9.17, 15) is 23.7 Å². The molecule has 0 saturated carbocycles. The van der Waals surface area contributed by atoms with Crippen molar-refractivity contribution in [2.75, 3.05) is 6.61 Å². The van der Waals surface area contributed by atoms with Crippen LogP contribution in [0.15, 0.2) is 29.7 Å². The first-order valence-electron chi connectivity index (χ1n) is 7.72. The Balaban J connectivity index is 1.99. The zero-order valence-corrected chi connectivity index (χ0v) is 17.5. The van der Waals surface area contributed by atoms with Gasteiger partial charge in [-0.15, -0.1) is 0 Å². The lowest BCUT2D eigenvalue weighted by Crippen LogP contribution is -2.40. The molecule has 0 amide bonds. The van der Waals surface area contributed by atoms with Crippen LogP contribution >= 0.6 is 23.5 Å². The van der Waals surface area contributed by atoms with Gasteiger partial charge in [-0.1, -0.05) is 13.5 Å². The van der Waals surface area contributed by atoms with Crippen molar-refractivity contribution in [2.24, 2.45) is 16.6 Å². The molecular formula is C11H20N3O12P3. The summed E-state index contributed by atoms with van der Waals surface area (Å²) in [5, 5.41) is 10.4. The van der Waals surface area contributed by atoms with Crippen molar-refractivity contribution in [3.05, 3.63) is 24.7 Å². The van der Waals surface area contributed by atoms with Gasteiger partial charge in [0, 0.05) is 12.1 Å². The van der Waals surface area contributed by atoms with Crippen LogP contribution in [0.1, 0.15) is 6.92 Å². The molecule has 0 aromatic rings. The third-order valence-electron chi connectivity index (χ3n) is 3.79. The van der Waals surface area contributed by atoms with E-state index in [4.69, 9.17) is 25.2 Å². The SMILES string of the molecule is C=C1N=C(N)C=CN1[C@@H]1O[C@H](COP(=O)(O)OP(=O)(O)OP(=O)(O)O)[C@H](C)C1O. The van der Waals surface area contributed by atoms with E-state index in [0.29, 0.717) is 0 Å². The van der Waals surface area contributed by atoms with Gasteiger partial charge >= 0.3 is 23.5 Å². The number of phosphoric acid groups is 3. The molecule has 1 fully saturated rings. The number of aliphatic hydroxyl groups excluding tert-OH is 1. The number of nitrogens with two attached hydrogens (primary N) is 1. The third kappa shape index (κ3) is 6.79. The number of hydrogen-bond donors (Lipinski definition) is 6. The number of aliphatic hydroxyl groups is 1. The topological polar surface area (TPSA) is 231 Å². The summed E-state index contributed by atoms with van der Waals surface area (Å²) in [6.45, 7) is 4.53. The van der Waals surface area contributed by atoms with E-state index < -0.39 is 54.4 Å². The zero-order valence-electron chi connectivity index (χ0n) is 14.8. The first-order valence-corrected chi connectivity index (χ1v) is 12.2. The Hall–Kier alpha value is -0.920. The van der Waals surface area contributed by atoms with Crippen molar-refractivity contribution in [3.63, 3.8) is 0 Å². The van der Waals surface area contributed by atoms with E-state index in [-0.39, 0.29) is 11.7 Å². The Labute approximate surface area is 164 Å². The number of amidine groups is 1. The minimum absolute atomic E-state index is 0.176. The Morgan fingerprint density at radius 2 is 1.86 bits per heavy atom. The first-order chi connectivity index (χ1) is 13.1. The molecule has 18 heteroatoms. The van der Waals surface area contributed by atoms with Gasteiger partial charge in [-0.3, -0.25) is 4.52 Å². The predicted molar refractivity (Wildman–Crippen MR) is 95.4 cm³/mol. The lowest BCUT2D eigenvalue weighted by atomic mass is 10.0. The van der Waals surface area contributed by atoms with Crippen molar-refractivity contribution in [1.29, 1.82) is 0 Å². The highest BCUT2D eigenvalue weighted by atomic mass is 31.3. The van der Waals surface area contributed by atoms with E-state index in [1.807, 2.05) is 0 Å². The van der Waals surface area contributed by atoms with Crippen molar-refractivity contribution >= 4 is 29.3 Å². The van der Waals surface area contributed by atoms with E-state index in [0.717, 1.165) is 0 Å². The Morgan fingerprint density at radius 1 is 1.24 bits per heavy atom. The lowest BCUT2D eigenvalue weighted by Gasteiger charge is -2.30. The molecule has 15 nitrogen and oxygen atoms in total. The van der Waals surface area contributed by atoms with Crippen LogP contribution in [-0.4, -0.2) is 60.5 Å². The van der Waals surface area contributed by atoms with Gasteiger partial charge in [0.25, 0.3) is 0 Å². The van der Waals surface area contributed by atoms with Crippen LogP contribution in [0.4, 0.5) is 0 Å². The molecular weight excluding hydrogens is 459 g/mol. The Kier molecular flexibility index (Phi) is 7.28. The zero-order chi connectivity index (χ0) is 22.2. The second-order valence-corrected chi connectivity index (χ2v) is 10.4. The summed E-state index contributed by atoms with van der Waals surface area (Å²) in [5.41, 5.74) is 5.54. The van der Waals surface area contributed by atoms with E-state index >= 15 is 0 Å². The molecule has 0 radical (unpaired) electrons. The van der Waals surface area contributed by atoms with Gasteiger partial charge in [0.2, 0.25) is 0 Å². The van der Waals surface area contributed by atoms with Crippen molar-refractivity contribution in [3.8, 4) is 0 Å². The summed E-state index contributed by atoms with van der Waals surface area (Å²) >= 11 is 0.